The molecule has 83 heavy (non-hydrogen) atoms. The lowest BCUT2D eigenvalue weighted by Crippen LogP contribution is -2.45. The van der Waals surface area contributed by atoms with E-state index in [-0.39, 0.29) is 35.2 Å². The van der Waals surface area contributed by atoms with Gasteiger partial charge in [-0.25, -0.2) is 0 Å². The van der Waals surface area contributed by atoms with E-state index in [0.717, 1.165) is 131 Å². The highest BCUT2D eigenvalue weighted by molar-refractivity contribution is 6.08. The fourth-order valence-corrected chi connectivity index (χ4v) is 10.7. The highest BCUT2D eigenvalue weighted by atomic mass is 16.6. The van der Waals surface area contributed by atoms with Crippen LogP contribution in [0.1, 0.15) is 111 Å². The second-order valence-electron chi connectivity index (χ2n) is 21.3. The molecule has 4 fully saturated rings. The van der Waals surface area contributed by atoms with E-state index in [4.69, 9.17) is 14.2 Å². The van der Waals surface area contributed by atoms with Gasteiger partial charge in [-0.3, -0.25) is 34.1 Å². The molecule has 0 saturated carbocycles. The molecule has 3 aromatic carbocycles. The lowest BCUT2D eigenvalue weighted by atomic mass is 10.1. The summed E-state index contributed by atoms with van der Waals surface area (Å²) in [4.78, 5) is 96.7. The van der Waals surface area contributed by atoms with Crippen molar-refractivity contribution in [3.05, 3.63) is 118 Å². The van der Waals surface area contributed by atoms with Crippen molar-refractivity contribution in [2.75, 3.05) is 130 Å². The first-order valence-corrected chi connectivity index (χ1v) is 29.9. The van der Waals surface area contributed by atoms with Crippen LogP contribution in [0, 0.1) is 10.1 Å². The van der Waals surface area contributed by atoms with Crippen molar-refractivity contribution in [3.63, 3.8) is 0 Å². The van der Waals surface area contributed by atoms with Crippen LogP contribution >= 0.6 is 0 Å². The van der Waals surface area contributed by atoms with Crippen molar-refractivity contribution in [1.29, 1.82) is 0 Å². The van der Waals surface area contributed by atoms with Crippen LogP contribution < -0.4 is 24.9 Å². The molecule has 0 spiro atoms. The van der Waals surface area contributed by atoms with Crippen molar-refractivity contribution in [2.45, 2.75) is 111 Å². The monoisotopic (exact) mass is 1140 g/mol. The Morgan fingerprint density at radius 2 is 0.867 bits per heavy atom. The fraction of sp³-hybridized carbons (Fsp3) is 0.524. The zero-order chi connectivity index (χ0) is 58.9. The number of hydrogen-bond acceptors (Lipinski definition) is 14. The Labute approximate surface area is 489 Å². The first-order valence-electron chi connectivity index (χ1n) is 29.9. The number of Topliss-reactive ketones (excluding diaryl/α,β-unsaturated/α-hetero) is 1. The number of nitrogens with one attached hydrogen (secondary N) is 1. The first kappa shape index (κ1) is 63.2. The van der Waals surface area contributed by atoms with Gasteiger partial charge in [-0.15, -0.1) is 0 Å². The van der Waals surface area contributed by atoms with Gasteiger partial charge in [-0.1, -0.05) is 57.8 Å². The molecular formula is C63H85N9O11. The number of hydrogen-bond donors (Lipinski definition) is 1. The number of nitro groups is 1. The number of nitrogens with zero attached hydrogens (tertiary/aromatic N) is 8. The van der Waals surface area contributed by atoms with E-state index in [9.17, 15) is 38.9 Å². The molecule has 7 aliphatic rings. The number of morpholine rings is 3. The van der Waals surface area contributed by atoms with Crippen molar-refractivity contribution < 1.29 is 47.9 Å². The van der Waals surface area contributed by atoms with Gasteiger partial charge >= 0.3 is 0 Å². The maximum Gasteiger partial charge on any atom is 0.274 e. The van der Waals surface area contributed by atoms with E-state index >= 15 is 0 Å². The summed E-state index contributed by atoms with van der Waals surface area (Å²) in [6, 6.07) is 21.5. The third kappa shape index (κ3) is 18.5. The SMILES string of the molecule is CCCCCC(=O)Nc1ccc(N2CCC=C(N3CCOCC3)C2=O)cc1.CCCCCC(C)=O.O=C1C(N2CCOCC2)=CCCN1c1ccc([N+](=O)[O-])cc1.O=C1CCCCN1c1ccc(N2CCC=C(N3CCOCC3)C2=O)cc1. The summed E-state index contributed by atoms with van der Waals surface area (Å²) in [5.74, 6) is 0.596. The molecule has 3 aromatic rings. The Kier molecular flexibility index (Phi) is 25.1. The van der Waals surface area contributed by atoms with Crippen LogP contribution in [0.2, 0.25) is 0 Å². The highest BCUT2D eigenvalue weighted by Crippen LogP contribution is 2.30. The molecule has 0 aliphatic carbocycles. The van der Waals surface area contributed by atoms with Gasteiger partial charge < -0.3 is 58.6 Å². The number of unbranched alkanes of at least 4 members (excludes halogenated alkanes) is 4. The van der Waals surface area contributed by atoms with Crippen molar-refractivity contribution in [2.24, 2.45) is 0 Å². The standard InChI is InChI=1S/C21H29N3O3.C20H25N3O3.C15H17N3O4.C7H14O/c1-2-3-4-7-20(25)22-17-8-10-18(11-9-17)24-12-5-6-19(21(24)26)23-13-15-27-16-14-23;24-19-5-1-2-10-22(19)16-6-8-17(9-7-16)23-11-3-4-18(20(23)25)21-12-14-26-15-13-21;19-15-14(16-8-10-22-11-9-16)2-1-7-17(15)12-3-5-13(6-4-12)18(20)21;1-3-4-5-6-7(2)8/h6,8-11H,2-5,7,12-16H2,1H3,(H,22,25);4,6-9H,1-3,5,10-15H2;2-6H,1,7-11H2;3-6H2,1-2H3. The molecule has 7 heterocycles. The van der Waals surface area contributed by atoms with E-state index in [1.165, 1.54) is 25.0 Å². The number of piperidine rings is 1. The summed E-state index contributed by atoms with van der Waals surface area (Å²) in [7, 11) is 0. The fourth-order valence-electron chi connectivity index (χ4n) is 10.7. The molecular weight excluding hydrogens is 1060 g/mol. The molecule has 0 radical (unpaired) electrons. The third-order valence-electron chi connectivity index (χ3n) is 15.3. The number of nitro benzene ring substituents is 1. The largest absolute Gasteiger partial charge is 0.378 e. The Morgan fingerprint density at radius 3 is 1.24 bits per heavy atom. The highest BCUT2D eigenvalue weighted by Gasteiger charge is 2.32. The maximum absolute atomic E-state index is 13.0. The van der Waals surface area contributed by atoms with Crippen LogP contribution in [0.5, 0.6) is 0 Å². The van der Waals surface area contributed by atoms with Crippen LogP contribution in [0.4, 0.5) is 34.1 Å². The zero-order valence-electron chi connectivity index (χ0n) is 48.9. The minimum Gasteiger partial charge on any atom is -0.378 e. The molecule has 448 valence electrons. The maximum atomic E-state index is 13.0. The van der Waals surface area contributed by atoms with Gasteiger partial charge in [0.1, 0.15) is 5.78 Å². The Bertz CT molecular complexity index is 2730. The summed E-state index contributed by atoms with van der Waals surface area (Å²) < 4.78 is 16.1. The van der Waals surface area contributed by atoms with Gasteiger partial charge in [0.25, 0.3) is 23.4 Å². The zero-order valence-corrected chi connectivity index (χ0v) is 48.9. The number of non-ortho nitro benzene ring substituents is 1. The lowest BCUT2D eigenvalue weighted by molar-refractivity contribution is -0.384. The molecule has 0 aromatic heterocycles. The van der Waals surface area contributed by atoms with E-state index < -0.39 is 4.92 Å². The molecule has 20 nitrogen and oxygen atoms in total. The molecule has 5 amide bonds. The van der Waals surface area contributed by atoms with Gasteiger partial charge in [0.15, 0.2) is 0 Å². The number of carbonyl (C=O) groups is 6. The Balaban J connectivity index is 0.000000168. The molecule has 0 unspecified atom stereocenters. The van der Waals surface area contributed by atoms with Gasteiger partial charge in [0.2, 0.25) is 11.8 Å². The topological polar surface area (TPSA) is 208 Å². The summed E-state index contributed by atoms with van der Waals surface area (Å²) in [6.07, 6.45) is 19.1. The predicted octanol–water partition coefficient (Wildman–Crippen LogP) is 9.02. The minimum atomic E-state index is -0.444. The number of carbonyl (C=O) groups excluding carboxylic acids is 6. The number of benzene rings is 3. The second-order valence-corrected chi connectivity index (χ2v) is 21.3. The minimum absolute atomic E-state index is 0.0251. The van der Waals surface area contributed by atoms with E-state index in [2.05, 4.69) is 29.0 Å². The molecule has 1 N–H and O–H groups in total. The van der Waals surface area contributed by atoms with E-state index in [1.807, 2.05) is 86.4 Å². The summed E-state index contributed by atoms with van der Waals surface area (Å²) >= 11 is 0. The van der Waals surface area contributed by atoms with E-state index in [1.54, 1.807) is 24.0 Å². The smallest absolute Gasteiger partial charge is 0.274 e. The Hall–Kier alpha value is -7.42. The average molecular weight is 1140 g/mol. The van der Waals surface area contributed by atoms with Crippen molar-refractivity contribution >= 4 is 69.4 Å². The molecule has 10 rings (SSSR count). The number of ether oxygens (including phenoxy) is 3. The lowest BCUT2D eigenvalue weighted by Gasteiger charge is -2.35. The average Bonchev–Trinajstić information content (AvgIpc) is 3.63. The van der Waals surface area contributed by atoms with Crippen molar-refractivity contribution in [3.8, 4) is 0 Å². The predicted molar refractivity (Wildman–Crippen MR) is 322 cm³/mol. The normalized spacial score (nSPS) is 18.5. The van der Waals surface area contributed by atoms with Crippen LogP contribution in [-0.2, 0) is 43.0 Å². The van der Waals surface area contributed by atoms with Crippen LogP contribution in [0.25, 0.3) is 0 Å². The van der Waals surface area contributed by atoms with Crippen LogP contribution in [0.3, 0.4) is 0 Å². The van der Waals surface area contributed by atoms with E-state index in [0.29, 0.717) is 102 Å². The molecule has 20 heteroatoms. The van der Waals surface area contributed by atoms with Crippen molar-refractivity contribution in [1.82, 2.24) is 14.7 Å². The van der Waals surface area contributed by atoms with Gasteiger partial charge in [-0.05, 0) is 113 Å². The number of amides is 5. The van der Waals surface area contributed by atoms with Crippen LogP contribution in [-0.4, -0.2) is 160 Å². The number of rotatable bonds is 17. The Morgan fingerprint density at radius 1 is 0.494 bits per heavy atom. The molecule has 0 atom stereocenters. The quantitative estimate of drug-likeness (QED) is 0.0760. The molecule has 7 aliphatic heterocycles. The summed E-state index contributed by atoms with van der Waals surface area (Å²) in [5.41, 5.74) is 6.43. The summed E-state index contributed by atoms with van der Waals surface area (Å²) in [5, 5.41) is 13.6. The third-order valence-corrected chi connectivity index (χ3v) is 15.3. The second kappa shape index (κ2) is 33.0. The van der Waals surface area contributed by atoms with Gasteiger partial charge in [0, 0.05) is 125 Å². The van der Waals surface area contributed by atoms with Gasteiger partial charge in [-0.2, -0.15) is 0 Å². The van der Waals surface area contributed by atoms with Gasteiger partial charge in [0.05, 0.1) is 61.7 Å². The molecule has 4 saturated heterocycles. The summed E-state index contributed by atoms with van der Waals surface area (Å²) in [6.45, 7) is 17.0. The molecule has 0 bridgehead atoms. The number of ketones is 1. The van der Waals surface area contributed by atoms with Crippen LogP contribution in [0.15, 0.2) is 108 Å². The first-order chi connectivity index (χ1) is 40.4. The number of anilines is 5.